The Morgan fingerprint density at radius 1 is 1.17 bits per heavy atom. The smallest absolute Gasteiger partial charge is 0.416 e. The van der Waals surface area contributed by atoms with E-state index in [0.29, 0.717) is 6.42 Å². The first kappa shape index (κ1) is 16.4. The molecule has 1 saturated carbocycles. The first-order chi connectivity index (χ1) is 11.4. The Bertz CT molecular complexity index is 741. The van der Waals surface area contributed by atoms with Crippen LogP contribution in [-0.2, 0) is 11.0 Å². The van der Waals surface area contributed by atoms with Gasteiger partial charge in [-0.15, -0.1) is 0 Å². The van der Waals surface area contributed by atoms with Crippen molar-refractivity contribution in [2.45, 2.75) is 18.5 Å². The van der Waals surface area contributed by atoms with Crippen LogP contribution in [0, 0.1) is 5.92 Å². The van der Waals surface area contributed by atoms with Crippen LogP contribution in [-0.4, -0.2) is 13.0 Å². The normalized spacial score (nSPS) is 19.7. The number of hydrogen-bond donors (Lipinski definition) is 1. The van der Waals surface area contributed by atoms with E-state index < -0.39 is 11.7 Å². The minimum absolute atomic E-state index is 0.0988. The number of carbonyl (C=O) groups is 1. The predicted molar refractivity (Wildman–Crippen MR) is 83.9 cm³/mol. The summed E-state index contributed by atoms with van der Waals surface area (Å²) in [5.41, 5.74) is 0.415. The largest absolute Gasteiger partial charge is 0.497 e. The summed E-state index contributed by atoms with van der Waals surface area (Å²) in [6.45, 7) is 0. The summed E-state index contributed by atoms with van der Waals surface area (Å²) in [7, 11) is 1.58. The number of hydrogen-bond acceptors (Lipinski definition) is 2. The summed E-state index contributed by atoms with van der Waals surface area (Å²) in [5, 5.41) is 2.58. The molecule has 126 valence electrons. The fourth-order valence-electron chi connectivity index (χ4n) is 2.71. The number of methoxy groups -OCH3 is 1. The lowest BCUT2D eigenvalue weighted by Crippen LogP contribution is -2.15. The molecule has 0 heterocycles. The van der Waals surface area contributed by atoms with Gasteiger partial charge in [0.15, 0.2) is 0 Å². The second-order valence-electron chi connectivity index (χ2n) is 5.79. The van der Waals surface area contributed by atoms with Crippen molar-refractivity contribution in [2.24, 2.45) is 5.92 Å². The van der Waals surface area contributed by atoms with Gasteiger partial charge in [-0.1, -0.05) is 18.2 Å². The summed E-state index contributed by atoms with van der Waals surface area (Å²) in [6, 6.07) is 12.1. The average molecular weight is 335 g/mol. The number of ether oxygens (including phenoxy) is 1. The van der Waals surface area contributed by atoms with Crippen molar-refractivity contribution < 1.29 is 22.7 Å². The quantitative estimate of drug-likeness (QED) is 0.896. The highest BCUT2D eigenvalue weighted by atomic mass is 19.4. The van der Waals surface area contributed by atoms with Crippen LogP contribution in [0.1, 0.15) is 23.5 Å². The molecule has 2 atom stereocenters. The van der Waals surface area contributed by atoms with Crippen molar-refractivity contribution in [1.82, 2.24) is 0 Å². The number of anilines is 1. The molecule has 3 nitrogen and oxygen atoms in total. The molecule has 0 aromatic heterocycles. The predicted octanol–water partition coefficient (Wildman–Crippen LogP) is 4.46. The van der Waals surface area contributed by atoms with Crippen LogP contribution in [0.25, 0.3) is 0 Å². The lowest BCUT2D eigenvalue weighted by atomic mass is 10.1. The first-order valence-corrected chi connectivity index (χ1v) is 7.50. The third-order valence-corrected chi connectivity index (χ3v) is 4.13. The molecule has 2 aromatic carbocycles. The molecule has 0 aliphatic heterocycles. The van der Waals surface area contributed by atoms with Crippen LogP contribution >= 0.6 is 0 Å². The zero-order chi connectivity index (χ0) is 17.3. The number of amides is 1. The van der Waals surface area contributed by atoms with E-state index in [1.165, 1.54) is 12.1 Å². The monoisotopic (exact) mass is 335 g/mol. The molecule has 2 unspecified atom stereocenters. The zero-order valence-electron chi connectivity index (χ0n) is 12.9. The topological polar surface area (TPSA) is 38.3 Å². The maximum atomic E-state index is 12.7. The van der Waals surface area contributed by atoms with Crippen LogP contribution in [0.3, 0.4) is 0 Å². The highest BCUT2D eigenvalue weighted by Gasteiger charge is 2.44. The van der Waals surface area contributed by atoms with E-state index in [2.05, 4.69) is 5.32 Å². The van der Waals surface area contributed by atoms with Gasteiger partial charge in [0.25, 0.3) is 0 Å². The van der Waals surface area contributed by atoms with Gasteiger partial charge in [0.05, 0.1) is 12.7 Å². The molecule has 1 amide bonds. The molecule has 2 aromatic rings. The van der Waals surface area contributed by atoms with E-state index in [4.69, 9.17) is 4.74 Å². The van der Waals surface area contributed by atoms with E-state index in [0.717, 1.165) is 23.4 Å². The second-order valence-corrected chi connectivity index (χ2v) is 5.79. The molecule has 6 heteroatoms. The summed E-state index contributed by atoms with van der Waals surface area (Å²) >= 11 is 0. The number of carbonyl (C=O) groups excluding carboxylic acids is 1. The molecule has 0 radical (unpaired) electrons. The van der Waals surface area contributed by atoms with Crippen LogP contribution in [0.4, 0.5) is 18.9 Å². The Morgan fingerprint density at radius 2 is 1.88 bits per heavy atom. The summed E-state index contributed by atoms with van der Waals surface area (Å²) < 4.78 is 43.2. The number of benzene rings is 2. The summed E-state index contributed by atoms with van der Waals surface area (Å²) in [6.07, 6.45) is -3.73. The SMILES string of the molecule is COc1ccc(C2CC2C(=O)Nc2cccc(C(F)(F)F)c2)cc1. The van der Waals surface area contributed by atoms with Gasteiger partial charge in [-0.3, -0.25) is 4.79 Å². The molecule has 0 saturated heterocycles. The van der Waals surface area contributed by atoms with E-state index >= 15 is 0 Å². The van der Waals surface area contributed by atoms with Crippen LogP contribution < -0.4 is 10.1 Å². The van der Waals surface area contributed by atoms with Crippen molar-refractivity contribution >= 4 is 11.6 Å². The van der Waals surface area contributed by atoms with Gasteiger partial charge in [0.1, 0.15) is 5.75 Å². The van der Waals surface area contributed by atoms with Gasteiger partial charge in [0, 0.05) is 11.6 Å². The number of halogens is 3. The zero-order valence-corrected chi connectivity index (χ0v) is 12.9. The highest BCUT2D eigenvalue weighted by molar-refractivity contribution is 5.95. The Kier molecular flexibility index (Phi) is 4.22. The lowest BCUT2D eigenvalue weighted by molar-refractivity contribution is -0.137. The fraction of sp³-hybridized carbons (Fsp3) is 0.278. The minimum atomic E-state index is -4.42. The van der Waals surface area contributed by atoms with E-state index in [-0.39, 0.29) is 23.4 Å². The molecule has 3 rings (SSSR count). The summed E-state index contributed by atoms with van der Waals surface area (Å²) in [4.78, 5) is 12.2. The van der Waals surface area contributed by atoms with E-state index in [9.17, 15) is 18.0 Å². The van der Waals surface area contributed by atoms with Crippen molar-refractivity contribution in [3.63, 3.8) is 0 Å². The Hall–Kier alpha value is -2.50. The van der Waals surface area contributed by atoms with Crippen molar-refractivity contribution in [3.05, 3.63) is 59.7 Å². The van der Waals surface area contributed by atoms with Crippen LogP contribution in [0.2, 0.25) is 0 Å². The molecule has 0 spiro atoms. The van der Waals surface area contributed by atoms with Crippen molar-refractivity contribution in [3.8, 4) is 5.75 Å². The molecule has 0 bridgehead atoms. The van der Waals surface area contributed by atoms with Gasteiger partial charge in [-0.2, -0.15) is 13.2 Å². The maximum absolute atomic E-state index is 12.7. The Balaban J connectivity index is 1.64. The third-order valence-electron chi connectivity index (χ3n) is 4.13. The van der Waals surface area contributed by atoms with Gasteiger partial charge < -0.3 is 10.1 Å². The molecule has 1 aliphatic carbocycles. The van der Waals surface area contributed by atoms with Gasteiger partial charge >= 0.3 is 6.18 Å². The van der Waals surface area contributed by atoms with Gasteiger partial charge in [0.2, 0.25) is 5.91 Å². The molecule has 1 fully saturated rings. The van der Waals surface area contributed by atoms with E-state index in [1.807, 2.05) is 24.3 Å². The second kappa shape index (κ2) is 6.19. The van der Waals surface area contributed by atoms with Crippen LogP contribution in [0.15, 0.2) is 48.5 Å². The highest BCUT2D eigenvalue weighted by Crippen LogP contribution is 2.48. The molecular weight excluding hydrogens is 319 g/mol. The molecular formula is C18H16F3NO2. The van der Waals surface area contributed by atoms with Gasteiger partial charge in [-0.05, 0) is 48.2 Å². The maximum Gasteiger partial charge on any atom is 0.416 e. The van der Waals surface area contributed by atoms with Crippen molar-refractivity contribution in [2.75, 3.05) is 12.4 Å². The molecule has 24 heavy (non-hydrogen) atoms. The first-order valence-electron chi connectivity index (χ1n) is 7.50. The molecule has 1 aliphatic rings. The Labute approximate surface area is 137 Å². The average Bonchev–Trinajstić information content (AvgIpc) is 3.35. The number of alkyl halides is 3. The minimum Gasteiger partial charge on any atom is -0.497 e. The summed E-state index contributed by atoms with van der Waals surface area (Å²) in [5.74, 6) is 0.370. The molecule has 1 N–H and O–H groups in total. The standard InChI is InChI=1S/C18H16F3NO2/c1-24-14-7-5-11(6-8-14)15-10-16(15)17(23)22-13-4-2-3-12(9-13)18(19,20)21/h2-9,15-16H,10H2,1H3,(H,22,23). The van der Waals surface area contributed by atoms with Crippen LogP contribution in [0.5, 0.6) is 5.75 Å². The lowest BCUT2D eigenvalue weighted by Gasteiger charge is -2.10. The van der Waals surface area contributed by atoms with Crippen molar-refractivity contribution in [1.29, 1.82) is 0 Å². The fourth-order valence-corrected chi connectivity index (χ4v) is 2.71. The third kappa shape index (κ3) is 3.53. The number of nitrogens with one attached hydrogen (secondary N) is 1. The van der Waals surface area contributed by atoms with E-state index in [1.54, 1.807) is 7.11 Å². The Morgan fingerprint density at radius 3 is 2.50 bits per heavy atom. The number of rotatable bonds is 4. The van der Waals surface area contributed by atoms with Gasteiger partial charge in [-0.25, -0.2) is 0 Å².